The molecule has 0 heterocycles. The molecule has 1 aliphatic carbocycles. The van der Waals surface area contributed by atoms with Crippen LogP contribution in [0.4, 0.5) is 13.2 Å². The summed E-state index contributed by atoms with van der Waals surface area (Å²) in [7, 11) is 1.44. The number of hydrogen-bond acceptors (Lipinski definition) is 1. The van der Waals surface area contributed by atoms with Crippen LogP contribution >= 0.6 is 0 Å². The van der Waals surface area contributed by atoms with Crippen LogP contribution < -0.4 is 0 Å². The van der Waals surface area contributed by atoms with Crippen molar-refractivity contribution in [1.29, 1.82) is 0 Å². The lowest BCUT2D eigenvalue weighted by Crippen LogP contribution is -2.14. The minimum Gasteiger partial charge on any atom is -0.380 e. The number of allylic oxidation sites excluding steroid dienone is 1. The van der Waals surface area contributed by atoms with E-state index in [-0.39, 0.29) is 29.5 Å². The van der Waals surface area contributed by atoms with E-state index in [1.165, 1.54) is 19.6 Å². The monoisotopic (exact) mass is 464 g/mol. The summed E-state index contributed by atoms with van der Waals surface area (Å²) in [6.07, 6.45) is 8.55. The average Bonchev–Trinajstić information content (AvgIpc) is 2.86. The van der Waals surface area contributed by atoms with Crippen molar-refractivity contribution < 1.29 is 17.9 Å². The van der Waals surface area contributed by atoms with E-state index in [2.05, 4.69) is 6.58 Å². The number of halogens is 3. The summed E-state index contributed by atoms with van der Waals surface area (Å²) in [6, 6.07) is 15.7. The molecule has 1 fully saturated rings. The highest BCUT2D eigenvalue weighted by atomic mass is 19.2. The molecule has 3 aromatic carbocycles. The van der Waals surface area contributed by atoms with Crippen LogP contribution in [-0.4, -0.2) is 7.11 Å². The van der Waals surface area contributed by atoms with Crippen molar-refractivity contribution in [3.63, 3.8) is 0 Å². The van der Waals surface area contributed by atoms with Gasteiger partial charge in [0.15, 0.2) is 11.6 Å². The molecule has 1 nitrogen and oxygen atoms in total. The Morgan fingerprint density at radius 2 is 1.53 bits per heavy atom. The van der Waals surface area contributed by atoms with Crippen LogP contribution in [0.2, 0.25) is 0 Å². The number of benzene rings is 3. The predicted molar refractivity (Wildman–Crippen MR) is 132 cm³/mol. The zero-order valence-electron chi connectivity index (χ0n) is 19.6. The SMILES string of the molecule is C=CCCC1CCC(c2ccc(-c3ccc(-c4ccc(COC)c(F)c4F)cc3)cc2F)CC1. The lowest BCUT2D eigenvalue weighted by atomic mass is 9.77. The van der Waals surface area contributed by atoms with Gasteiger partial charge in [-0.25, -0.2) is 13.2 Å². The van der Waals surface area contributed by atoms with Crippen molar-refractivity contribution in [2.75, 3.05) is 7.11 Å². The molecule has 4 heteroatoms. The zero-order chi connectivity index (χ0) is 24.1. The van der Waals surface area contributed by atoms with Crippen LogP contribution in [0.15, 0.2) is 67.3 Å². The standard InChI is InChI=1S/C30H31F3O/c1-3-4-5-20-6-8-22(9-7-20)26-16-14-24(18-28(26)31)21-10-12-23(13-11-21)27-17-15-25(19-34-2)29(32)30(27)33/h3,10-18,20,22H,1,4-9,19H2,2H3. The maximum Gasteiger partial charge on any atom is 0.167 e. The van der Waals surface area contributed by atoms with Crippen LogP contribution in [0, 0.1) is 23.4 Å². The van der Waals surface area contributed by atoms with Crippen molar-refractivity contribution in [3.05, 3.63) is 95.8 Å². The van der Waals surface area contributed by atoms with Crippen LogP contribution in [0.3, 0.4) is 0 Å². The third-order valence-corrected chi connectivity index (χ3v) is 7.06. The van der Waals surface area contributed by atoms with Crippen LogP contribution in [0.25, 0.3) is 22.3 Å². The Morgan fingerprint density at radius 3 is 2.18 bits per heavy atom. The number of hydrogen-bond donors (Lipinski definition) is 0. The highest BCUT2D eigenvalue weighted by Crippen LogP contribution is 2.39. The Hall–Kier alpha value is -2.85. The first kappa shape index (κ1) is 24.3. The van der Waals surface area contributed by atoms with Crippen LogP contribution in [0.5, 0.6) is 0 Å². The molecule has 3 aromatic rings. The van der Waals surface area contributed by atoms with Gasteiger partial charge in [0.2, 0.25) is 0 Å². The largest absolute Gasteiger partial charge is 0.380 e. The molecule has 0 N–H and O–H groups in total. The topological polar surface area (TPSA) is 9.23 Å². The highest BCUT2D eigenvalue weighted by molar-refractivity contribution is 5.71. The molecular formula is C30H31F3O. The summed E-state index contributed by atoms with van der Waals surface area (Å²) in [5.74, 6) is -0.953. The Balaban J connectivity index is 1.48. The van der Waals surface area contributed by atoms with Gasteiger partial charge >= 0.3 is 0 Å². The van der Waals surface area contributed by atoms with E-state index in [4.69, 9.17) is 4.74 Å². The van der Waals surface area contributed by atoms with Crippen molar-refractivity contribution >= 4 is 0 Å². The second kappa shape index (κ2) is 11.1. The smallest absolute Gasteiger partial charge is 0.167 e. The van der Waals surface area contributed by atoms with Crippen LogP contribution in [0.1, 0.15) is 55.6 Å². The van der Waals surface area contributed by atoms with Crippen molar-refractivity contribution in [2.24, 2.45) is 5.92 Å². The van der Waals surface area contributed by atoms with Gasteiger partial charge in [-0.2, -0.15) is 0 Å². The first-order chi connectivity index (χ1) is 16.5. The lowest BCUT2D eigenvalue weighted by molar-refractivity contribution is 0.180. The Morgan fingerprint density at radius 1 is 0.853 bits per heavy atom. The van der Waals surface area contributed by atoms with Crippen LogP contribution in [-0.2, 0) is 11.3 Å². The molecule has 0 spiro atoms. The first-order valence-corrected chi connectivity index (χ1v) is 12.0. The highest BCUT2D eigenvalue weighted by Gasteiger charge is 2.24. The van der Waals surface area contributed by atoms with Gasteiger partial charge in [-0.3, -0.25) is 0 Å². The fourth-order valence-electron chi connectivity index (χ4n) is 5.08. The minimum absolute atomic E-state index is 0.0142. The summed E-state index contributed by atoms with van der Waals surface area (Å²) in [5, 5.41) is 0. The fourth-order valence-corrected chi connectivity index (χ4v) is 5.08. The normalized spacial score (nSPS) is 18.1. The molecule has 0 amide bonds. The average molecular weight is 465 g/mol. The molecular weight excluding hydrogens is 433 g/mol. The molecule has 178 valence electrons. The third-order valence-electron chi connectivity index (χ3n) is 7.06. The molecule has 0 aromatic heterocycles. The summed E-state index contributed by atoms with van der Waals surface area (Å²) < 4.78 is 48.8. The van der Waals surface area contributed by atoms with E-state index in [9.17, 15) is 8.78 Å². The maximum atomic E-state index is 15.0. The van der Waals surface area contributed by atoms with E-state index in [0.717, 1.165) is 54.7 Å². The zero-order valence-corrected chi connectivity index (χ0v) is 19.6. The molecule has 34 heavy (non-hydrogen) atoms. The maximum absolute atomic E-state index is 15.0. The van der Waals surface area contributed by atoms with Gasteiger partial charge in [-0.1, -0.05) is 54.6 Å². The Labute approximate surface area is 200 Å². The van der Waals surface area contributed by atoms with Gasteiger partial charge in [-0.05, 0) is 78.7 Å². The summed E-state index contributed by atoms with van der Waals surface area (Å²) in [6.45, 7) is 3.82. The van der Waals surface area contributed by atoms with Crippen molar-refractivity contribution in [3.8, 4) is 22.3 Å². The van der Waals surface area contributed by atoms with Gasteiger partial charge in [0.25, 0.3) is 0 Å². The van der Waals surface area contributed by atoms with Gasteiger partial charge in [0.1, 0.15) is 5.82 Å². The minimum atomic E-state index is -0.893. The first-order valence-electron chi connectivity index (χ1n) is 12.0. The fraction of sp³-hybridized carbons (Fsp3) is 0.333. The molecule has 4 rings (SSSR count). The summed E-state index contributed by atoms with van der Waals surface area (Å²) in [5.41, 5.74) is 3.34. The van der Waals surface area contributed by atoms with E-state index >= 15 is 4.39 Å². The molecule has 0 aliphatic heterocycles. The van der Waals surface area contributed by atoms with E-state index in [1.54, 1.807) is 24.3 Å². The van der Waals surface area contributed by atoms with Gasteiger partial charge in [-0.15, -0.1) is 6.58 Å². The second-order valence-corrected chi connectivity index (χ2v) is 9.23. The van der Waals surface area contributed by atoms with Gasteiger partial charge in [0.05, 0.1) is 6.61 Å². The molecule has 0 unspecified atom stereocenters. The molecule has 0 saturated heterocycles. The number of ether oxygens (including phenoxy) is 1. The summed E-state index contributed by atoms with van der Waals surface area (Å²) >= 11 is 0. The van der Waals surface area contributed by atoms with Gasteiger partial charge < -0.3 is 4.74 Å². The molecule has 0 atom stereocenters. The Kier molecular flexibility index (Phi) is 7.89. The van der Waals surface area contributed by atoms with E-state index in [1.807, 2.05) is 30.3 Å². The lowest BCUT2D eigenvalue weighted by Gasteiger charge is -2.29. The van der Waals surface area contributed by atoms with Gasteiger partial charge in [0, 0.05) is 18.2 Å². The van der Waals surface area contributed by atoms with Crippen molar-refractivity contribution in [2.45, 2.75) is 51.0 Å². The Bertz CT molecular complexity index is 1130. The molecule has 1 saturated carbocycles. The number of rotatable bonds is 8. The third kappa shape index (κ3) is 5.28. The molecule has 0 bridgehead atoms. The molecule has 0 radical (unpaired) electrons. The quantitative estimate of drug-likeness (QED) is 0.303. The van der Waals surface area contributed by atoms with Crippen molar-refractivity contribution in [1.82, 2.24) is 0 Å². The predicted octanol–water partition coefficient (Wildman–Crippen LogP) is 8.82. The summed E-state index contributed by atoms with van der Waals surface area (Å²) in [4.78, 5) is 0. The number of methoxy groups -OCH3 is 1. The van der Waals surface area contributed by atoms with E-state index in [0.29, 0.717) is 5.56 Å². The molecule has 1 aliphatic rings. The second-order valence-electron chi connectivity index (χ2n) is 9.23. The van der Waals surface area contributed by atoms with E-state index < -0.39 is 11.6 Å².